The maximum absolute atomic E-state index is 12.4. The Balaban J connectivity index is 1.66. The molecule has 0 spiro atoms. The molecule has 3 rings (SSSR count). The molecule has 0 radical (unpaired) electrons. The van der Waals surface area contributed by atoms with E-state index in [1.807, 2.05) is 0 Å². The molecule has 2 saturated carbocycles. The Labute approximate surface area is 149 Å². The van der Waals surface area contributed by atoms with E-state index in [1.54, 1.807) is 14.0 Å². The molecule has 0 amide bonds. The third kappa shape index (κ3) is 4.14. The Morgan fingerprint density at radius 1 is 1.16 bits per heavy atom. The minimum Gasteiger partial charge on any atom is -0.459 e. The van der Waals surface area contributed by atoms with Crippen LogP contribution in [-0.4, -0.2) is 37.4 Å². The Kier molecular flexibility index (Phi) is 5.62. The van der Waals surface area contributed by atoms with E-state index >= 15 is 0 Å². The van der Waals surface area contributed by atoms with Crippen LogP contribution in [0.15, 0.2) is 23.8 Å². The fraction of sp³-hybridized carbons (Fsp3) is 0.700. The van der Waals surface area contributed by atoms with Gasteiger partial charge in [-0.3, -0.25) is 0 Å². The van der Waals surface area contributed by atoms with Crippen LogP contribution in [0.4, 0.5) is 0 Å². The number of hydrogen-bond acceptors (Lipinski definition) is 5. The highest BCUT2D eigenvalue weighted by Crippen LogP contribution is 2.39. The maximum Gasteiger partial charge on any atom is 0.334 e. The summed E-state index contributed by atoms with van der Waals surface area (Å²) in [4.78, 5) is 24.2. The van der Waals surface area contributed by atoms with Gasteiger partial charge in [-0.1, -0.05) is 12.7 Å². The molecule has 3 atom stereocenters. The number of ether oxygens (including phenoxy) is 3. The van der Waals surface area contributed by atoms with Crippen molar-refractivity contribution in [3.8, 4) is 0 Å². The number of fused-ring (bicyclic) bond motifs is 1. The largest absolute Gasteiger partial charge is 0.459 e. The van der Waals surface area contributed by atoms with E-state index in [0.717, 1.165) is 44.1 Å². The van der Waals surface area contributed by atoms with Gasteiger partial charge in [-0.2, -0.15) is 0 Å². The summed E-state index contributed by atoms with van der Waals surface area (Å²) in [6, 6.07) is 0. The average Bonchev–Trinajstić information content (AvgIpc) is 2.61. The summed E-state index contributed by atoms with van der Waals surface area (Å²) in [6.07, 6.45) is 8.30. The molecular weight excluding hydrogens is 320 g/mol. The van der Waals surface area contributed by atoms with Gasteiger partial charge in [-0.15, -0.1) is 0 Å². The van der Waals surface area contributed by atoms with Crippen molar-refractivity contribution in [1.29, 1.82) is 0 Å². The first kappa shape index (κ1) is 18.2. The van der Waals surface area contributed by atoms with Crippen LogP contribution >= 0.6 is 0 Å². The molecule has 0 bridgehead atoms. The van der Waals surface area contributed by atoms with E-state index in [-0.39, 0.29) is 36.0 Å². The van der Waals surface area contributed by atoms with Gasteiger partial charge in [0.05, 0.1) is 6.10 Å². The van der Waals surface area contributed by atoms with E-state index in [1.165, 1.54) is 0 Å². The van der Waals surface area contributed by atoms with Gasteiger partial charge < -0.3 is 14.2 Å². The summed E-state index contributed by atoms with van der Waals surface area (Å²) in [5.41, 5.74) is 1.24. The Hall–Kier alpha value is -1.62. The molecule has 0 N–H and O–H groups in total. The molecule has 138 valence electrons. The lowest BCUT2D eigenvalue weighted by atomic mass is 9.76. The number of esters is 2. The Morgan fingerprint density at radius 2 is 1.84 bits per heavy atom. The van der Waals surface area contributed by atoms with Crippen LogP contribution in [0.3, 0.4) is 0 Å². The summed E-state index contributed by atoms with van der Waals surface area (Å²) in [7, 11) is 1.75. The van der Waals surface area contributed by atoms with Crippen LogP contribution in [-0.2, 0) is 23.8 Å². The van der Waals surface area contributed by atoms with Crippen molar-refractivity contribution in [3.05, 3.63) is 23.8 Å². The van der Waals surface area contributed by atoms with E-state index in [9.17, 15) is 9.59 Å². The SMILES string of the molecule is C=C(C)C(=O)OC1CCC2OC(=O)C(C3CCC(OC)CC3)=CC2C1. The second kappa shape index (κ2) is 7.73. The summed E-state index contributed by atoms with van der Waals surface area (Å²) < 4.78 is 16.6. The molecule has 3 aliphatic rings. The standard InChI is InChI=1S/C20H28O5/c1-12(2)19(21)24-16-8-9-18-14(10-16)11-17(20(22)25-18)13-4-6-15(23-3)7-5-13/h11,13-16,18H,1,4-10H2,2-3H3. The minimum atomic E-state index is -0.335. The summed E-state index contributed by atoms with van der Waals surface area (Å²) in [5, 5.41) is 0. The summed E-state index contributed by atoms with van der Waals surface area (Å²) in [5.74, 6) is -0.0828. The fourth-order valence-corrected chi connectivity index (χ4v) is 4.23. The van der Waals surface area contributed by atoms with Crippen LogP contribution in [0, 0.1) is 11.8 Å². The van der Waals surface area contributed by atoms with E-state index in [4.69, 9.17) is 14.2 Å². The molecule has 5 heteroatoms. The van der Waals surface area contributed by atoms with Crippen molar-refractivity contribution in [2.75, 3.05) is 7.11 Å². The third-order valence-electron chi connectivity index (χ3n) is 5.74. The van der Waals surface area contributed by atoms with Gasteiger partial charge in [0.2, 0.25) is 0 Å². The van der Waals surface area contributed by atoms with Crippen molar-refractivity contribution in [2.24, 2.45) is 11.8 Å². The van der Waals surface area contributed by atoms with Gasteiger partial charge in [0.25, 0.3) is 0 Å². The molecular formula is C20H28O5. The van der Waals surface area contributed by atoms with Crippen LogP contribution in [0.25, 0.3) is 0 Å². The van der Waals surface area contributed by atoms with Crippen molar-refractivity contribution >= 4 is 11.9 Å². The highest BCUT2D eigenvalue weighted by molar-refractivity contribution is 5.90. The molecule has 25 heavy (non-hydrogen) atoms. The summed E-state index contributed by atoms with van der Waals surface area (Å²) in [6.45, 7) is 5.29. The Morgan fingerprint density at radius 3 is 2.48 bits per heavy atom. The van der Waals surface area contributed by atoms with Gasteiger partial charge in [0.15, 0.2) is 0 Å². The number of rotatable bonds is 4. The third-order valence-corrected chi connectivity index (χ3v) is 5.74. The molecule has 1 aliphatic heterocycles. The van der Waals surface area contributed by atoms with Crippen molar-refractivity contribution < 1.29 is 23.8 Å². The molecule has 0 aromatic carbocycles. The van der Waals surface area contributed by atoms with Gasteiger partial charge in [0.1, 0.15) is 12.2 Å². The van der Waals surface area contributed by atoms with Crippen LogP contribution in [0.5, 0.6) is 0 Å². The molecule has 2 fully saturated rings. The quantitative estimate of drug-likeness (QED) is 0.576. The molecule has 0 aromatic heterocycles. The van der Waals surface area contributed by atoms with E-state index in [0.29, 0.717) is 18.1 Å². The molecule has 3 unspecified atom stereocenters. The summed E-state index contributed by atoms with van der Waals surface area (Å²) >= 11 is 0. The number of hydrogen-bond donors (Lipinski definition) is 0. The second-order valence-corrected chi connectivity index (χ2v) is 7.56. The molecule has 1 heterocycles. The van der Waals surface area contributed by atoms with Gasteiger partial charge in [-0.25, -0.2) is 9.59 Å². The first-order valence-corrected chi connectivity index (χ1v) is 9.30. The van der Waals surface area contributed by atoms with Crippen molar-refractivity contribution in [1.82, 2.24) is 0 Å². The highest BCUT2D eigenvalue weighted by Gasteiger charge is 2.40. The first-order chi connectivity index (χ1) is 12.0. The molecule has 0 saturated heterocycles. The highest BCUT2D eigenvalue weighted by atomic mass is 16.6. The lowest BCUT2D eigenvalue weighted by molar-refractivity contribution is -0.158. The predicted octanol–water partition coefficient (Wildman–Crippen LogP) is 3.33. The van der Waals surface area contributed by atoms with Gasteiger partial charge in [0, 0.05) is 24.2 Å². The number of methoxy groups -OCH3 is 1. The zero-order chi connectivity index (χ0) is 18.0. The smallest absolute Gasteiger partial charge is 0.334 e. The van der Waals surface area contributed by atoms with Crippen molar-refractivity contribution in [2.45, 2.75) is 70.2 Å². The van der Waals surface area contributed by atoms with E-state index < -0.39 is 0 Å². The van der Waals surface area contributed by atoms with Crippen LogP contribution < -0.4 is 0 Å². The average molecular weight is 348 g/mol. The van der Waals surface area contributed by atoms with Gasteiger partial charge >= 0.3 is 11.9 Å². The predicted molar refractivity (Wildman–Crippen MR) is 92.8 cm³/mol. The maximum atomic E-state index is 12.4. The second-order valence-electron chi connectivity index (χ2n) is 7.56. The van der Waals surface area contributed by atoms with Gasteiger partial charge in [-0.05, 0) is 57.8 Å². The first-order valence-electron chi connectivity index (χ1n) is 9.30. The lowest BCUT2D eigenvalue weighted by Crippen LogP contribution is -2.41. The fourth-order valence-electron chi connectivity index (χ4n) is 4.23. The number of carbonyl (C=O) groups excluding carboxylic acids is 2. The molecule has 0 aromatic rings. The normalized spacial score (nSPS) is 35.2. The molecule has 2 aliphatic carbocycles. The van der Waals surface area contributed by atoms with Crippen molar-refractivity contribution in [3.63, 3.8) is 0 Å². The van der Waals surface area contributed by atoms with Crippen LogP contribution in [0.2, 0.25) is 0 Å². The van der Waals surface area contributed by atoms with Crippen LogP contribution in [0.1, 0.15) is 51.9 Å². The monoisotopic (exact) mass is 348 g/mol. The number of carbonyl (C=O) groups is 2. The van der Waals surface area contributed by atoms with E-state index in [2.05, 4.69) is 12.7 Å². The minimum absolute atomic E-state index is 0.0775. The zero-order valence-electron chi connectivity index (χ0n) is 15.2. The zero-order valence-corrected chi connectivity index (χ0v) is 15.2. The molecule has 5 nitrogen and oxygen atoms in total. The lowest BCUT2D eigenvalue weighted by Gasteiger charge is -2.39. The Bertz CT molecular complexity index is 571. The topological polar surface area (TPSA) is 61.8 Å².